The van der Waals surface area contributed by atoms with Gasteiger partial charge in [0.25, 0.3) is 0 Å². The van der Waals surface area contributed by atoms with Gasteiger partial charge in [0, 0.05) is 25.6 Å². The van der Waals surface area contributed by atoms with E-state index in [1.807, 2.05) is 0 Å². The van der Waals surface area contributed by atoms with Crippen LogP contribution in [-0.4, -0.2) is 29.9 Å². The Morgan fingerprint density at radius 3 is 2.67 bits per heavy atom. The summed E-state index contributed by atoms with van der Waals surface area (Å²) in [5, 5.41) is 7.26. The number of amidine groups is 1. The monoisotopic (exact) mass is 211 g/mol. The molecule has 3 nitrogen and oxygen atoms in total. The van der Waals surface area contributed by atoms with Crippen molar-refractivity contribution in [2.75, 3.05) is 13.1 Å². The summed E-state index contributed by atoms with van der Waals surface area (Å²) in [6.07, 6.45) is 6.00. The highest BCUT2D eigenvalue weighted by molar-refractivity contribution is 5.76. The van der Waals surface area contributed by atoms with Crippen LogP contribution in [-0.2, 0) is 0 Å². The standard InChI is InChI=1S/C12H25N3/c1-3-4-10(2)9-15(11-5-6-11)8-7-12(13)14/h10-11H,3-9H2,1-2H3,(H3,13,14). The zero-order chi connectivity index (χ0) is 11.3. The molecule has 1 aliphatic carbocycles. The summed E-state index contributed by atoms with van der Waals surface area (Å²) in [5.74, 6) is 1.10. The smallest absolute Gasteiger partial charge is 0.0918 e. The van der Waals surface area contributed by atoms with Gasteiger partial charge in [-0.15, -0.1) is 0 Å². The maximum Gasteiger partial charge on any atom is 0.0918 e. The van der Waals surface area contributed by atoms with Crippen molar-refractivity contribution in [2.45, 2.75) is 52.0 Å². The molecular weight excluding hydrogens is 186 g/mol. The van der Waals surface area contributed by atoms with Crippen molar-refractivity contribution in [3.05, 3.63) is 0 Å². The fourth-order valence-corrected chi connectivity index (χ4v) is 2.11. The zero-order valence-electron chi connectivity index (χ0n) is 10.1. The minimum Gasteiger partial charge on any atom is -0.388 e. The molecule has 0 saturated heterocycles. The minimum absolute atomic E-state index is 0.323. The predicted molar refractivity (Wildman–Crippen MR) is 65.2 cm³/mol. The van der Waals surface area contributed by atoms with Crippen LogP contribution in [0.15, 0.2) is 0 Å². The predicted octanol–water partition coefficient (Wildman–Crippen LogP) is 2.21. The quantitative estimate of drug-likeness (QED) is 0.478. The second kappa shape index (κ2) is 6.11. The number of nitrogens with two attached hydrogens (primary N) is 1. The highest BCUT2D eigenvalue weighted by Crippen LogP contribution is 2.28. The molecule has 15 heavy (non-hydrogen) atoms. The Morgan fingerprint density at radius 1 is 1.53 bits per heavy atom. The largest absolute Gasteiger partial charge is 0.388 e. The van der Waals surface area contributed by atoms with Crippen LogP contribution in [0.4, 0.5) is 0 Å². The fraction of sp³-hybridized carbons (Fsp3) is 0.917. The Balaban J connectivity index is 2.26. The SMILES string of the molecule is CCCC(C)CN(CCC(=N)N)C1CC1. The first-order chi connectivity index (χ1) is 7.13. The van der Waals surface area contributed by atoms with Gasteiger partial charge < -0.3 is 5.73 Å². The van der Waals surface area contributed by atoms with Crippen LogP contribution in [0, 0.1) is 11.3 Å². The molecule has 1 saturated carbocycles. The van der Waals surface area contributed by atoms with Crippen LogP contribution in [0.5, 0.6) is 0 Å². The molecule has 0 spiro atoms. The first-order valence-corrected chi connectivity index (χ1v) is 6.20. The lowest BCUT2D eigenvalue weighted by atomic mass is 10.1. The molecule has 0 bridgehead atoms. The molecule has 88 valence electrons. The van der Waals surface area contributed by atoms with Crippen LogP contribution in [0.25, 0.3) is 0 Å². The number of nitrogens with one attached hydrogen (secondary N) is 1. The maximum absolute atomic E-state index is 7.26. The molecule has 1 atom stereocenters. The second-order valence-corrected chi connectivity index (χ2v) is 4.90. The van der Waals surface area contributed by atoms with E-state index in [0.717, 1.165) is 24.9 Å². The zero-order valence-corrected chi connectivity index (χ0v) is 10.1. The van der Waals surface area contributed by atoms with E-state index in [1.165, 1.54) is 32.2 Å². The van der Waals surface area contributed by atoms with E-state index in [4.69, 9.17) is 11.1 Å². The third-order valence-electron chi connectivity index (χ3n) is 3.06. The topological polar surface area (TPSA) is 53.1 Å². The summed E-state index contributed by atoms with van der Waals surface area (Å²) >= 11 is 0. The van der Waals surface area contributed by atoms with Crippen LogP contribution < -0.4 is 5.73 Å². The number of hydrogen-bond donors (Lipinski definition) is 2. The van der Waals surface area contributed by atoms with Crippen LogP contribution >= 0.6 is 0 Å². The molecule has 1 rings (SSSR count). The average molecular weight is 211 g/mol. The third kappa shape index (κ3) is 5.17. The molecule has 1 fully saturated rings. The van der Waals surface area contributed by atoms with E-state index < -0.39 is 0 Å². The fourth-order valence-electron chi connectivity index (χ4n) is 2.11. The van der Waals surface area contributed by atoms with Gasteiger partial charge in [0.15, 0.2) is 0 Å². The first kappa shape index (κ1) is 12.5. The highest BCUT2D eigenvalue weighted by Gasteiger charge is 2.29. The van der Waals surface area contributed by atoms with Gasteiger partial charge >= 0.3 is 0 Å². The van der Waals surface area contributed by atoms with Gasteiger partial charge in [0.05, 0.1) is 5.84 Å². The molecule has 0 aromatic carbocycles. The van der Waals surface area contributed by atoms with Gasteiger partial charge in [0.2, 0.25) is 0 Å². The van der Waals surface area contributed by atoms with E-state index in [0.29, 0.717) is 5.84 Å². The van der Waals surface area contributed by atoms with E-state index >= 15 is 0 Å². The van der Waals surface area contributed by atoms with Crippen molar-refractivity contribution < 1.29 is 0 Å². The van der Waals surface area contributed by atoms with Crippen molar-refractivity contribution in [2.24, 2.45) is 11.7 Å². The molecule has 0 heterocycles. The van der Waals surface area contributed by atoms with Crippen molar-refractivity contribution in [3.63, 3.8) is 0 Å². The van der Waals surface area contributed by atoms with Gasteiger partial charge in [-0.25, -0.2) is 0 Å². The van der Waals surface area contributed by atoms with Crippen LogP contribution in [0.3, 0.4) is 0 Å². The molecule has 0 aromatic heterocycles. The average Bonchev–Trinajstić information content (AvgIpc) is 2.95. The van der Waals surface area contributed by atoms with Crippen LogP contribution in [0.2, 0.25) is 0 Å². The van der Waals surface area contributed by atoms with E-state index in [9.17, 15) is 0 Å². The van der Waals surface area contributed by atoms with Gasteiger partial charge in [0.1, 0.15) is 0 Å². The lowest BCUT2D eigenvalue weighted by Crippen LogP contribution is -2.33. The Bertz CT molecular complexity index is 199. The molecule has 3 N–H and O–H groups in total. The van der Waals surface area contributed by atoms with Crippen molar-refractivity contribution in [1.82, 2.24) is 4.90 Å². The van der Waals surface area contributed by atoms with Gasteiger partial charge in [-0.3, -0.25) is 10.3 Å². The van der Waals surface area contributed by atoms with E-state index in [2.05, 4.69) is 18.7 Å². The molecule has 1 aliphatic rings. The van der Waals surface area contributed by atoms with Crippen molar-refractivity contribution in [3.8, 4) is 0 Å². The molecule has 1 unspecified atom stereocenters. The van der Waals surface area contributed by atoms with Gasteiger partial charge in [-0.1, -0.05) is 20.3 Å². The first-order valence-electron chi connectivity index (χ1n) is 6.20. The second-order valence-electron chi connectivity index (χ2n) is 4.90. The molecule has 0 aliphatic heterocycles. The van der Waals surface area contributed by atoms with Gasteiger partial charge in [-0.2, -0.15) is 0 Å². The molecule has 0 aromatic rings. The summed E-state index contributed by atoms with van der Waals surface area (Å²) < 4.78 is 0. The van der Waals surface area contributed by atoms with Crippen molar-refractivity contribution in [1.29, 1.82) is 5.41 Å². The normalized spacial score (nSPS) is 18.1. The molecular formula is C12H25N3. The maximum atomic E-state index is 7.26. The Labute approximate surface area is 93.5 Å². The number of rotatable bonds is 8. The minimum atomic E-state index is 0.323. The lowest BCUT2D eigenvalue weighted by Gasteiger charge is -2.25. The molecule has 3 heteroatoms. The summed E-state index contributed by atoms with van der Waals surface area (Å²) in [6.45, 7) is 6.74. The molecule has 0 radical (unpaired) electrons. The highest BCUT2D eigenvalue weighted by atomic mass is 15.2. The summed E-state index contributed by atoms with van der Waals surface area (Å²) in [4.78, 5) is 2.53. The Morgan fingerprint density at radius 2 is 2.20 bits per heavy atom. The van der Waals surface area contributed by atoms with Crippen LogP contribution in [0.1, 0.15) is 46.0 Å². The van der Waals surface area contributed by atoms with Gasteiger partial charge in [-0.05, 0) is 25.2 Å². The summed E-state index contributed by atoms with van der Waals surface area (Å²) in [7, 11) is 0. The summed E-state index contributed by atoms with van der Waals surface area (Å²) in [5.41, 5.74) is 5.41. The number of hydrogen-bond acceptors (Lipinski definition) is 2. The van der Waals surface area contributed by atoms with E-state index in [-0.39, 0.29) is 0 Å². The lowest BCUT2D eigenvalue weighted by molar-refractivity contribution is 0.227. The van der Waals surface area contributed by atoms with E-state index in [1.54, 1.807) is 0 Å². The molecule has 0 amide bonds. The Kier molecular flexibility index (Phi) is 5.09. The van der Waals surface area contributed by atoms with Crippen molar-refractivity contribution >= 4 is 5.84 Å². The summed E-state index contributed by atoms with van der Waals surface area (Å²) in [6, 6.07) is 0.795. The number of nitrogens with zero attached hydrogens (tertiary/aromatic N) is 1. The Hall–Kier alpha value is -0.570. The third-order valence-corrected chi connectivity index (χ3v) is 3.06.